The number of halogens is 16. The summed E-state index contributed by atoms with van der Waals surface area (Å²) in [6.45, 7) is -1.53. The van der Waals surface area contributed by atoms with Gasteiger partial charge in [0.1, 0.15) is 0 Å². The standard InChI is InChI=1S/C15H9F15N2O.BrH/c16-9(17,8(33)31-4-7-32-5-2-1-3-6-32)10(18,19)11(20,21)12(22,23)13(24,25)14(26,27)15(28,29)30;/h1-3,5-6H,4,7H2;1H. The first-order valence-electron chi connectivity index (χ1n) is 8.06. The van der Waals surface area contributed by atoms with Crippen LogP contribution in [0.25, 0.3) is 0 Å². The number of carbonyl (C=O) groups excluding carboxylic acids is 1. The molecular weight excluding hydrogens is 589 g/mol. The van der Waals surface area contributed by atoms with Crippen LogP contribution in [-0.4, -0.2) is 54.2 Å². The van der Waals surface area contributed by atoms with E-state index in [1.54, 1.807) is 0 Å². The van der Waals surface area contributed by atoms with Gasteiger partial charge in [0.2, 0.25) is 0 Å². The number of pyridine rings is 1. The van der Waals surface area contributed by atoms with E-state index in [1.165, 1.54) is 30.6 Å². The van der Waals surface area contributed by atoms with E-state index in [-0.39, 0.29) is 17.0 Å². The van der Waals surface area contributed by atoms with Gasteiger partial charge in [0, 0.05) is 12.1 Å². The molecule has 0 saturated carbocycles. The summed E-state index contributed by atoms with van der Waals surface area (Å²) in [5.41, 5.74) is 0. The quantitative estimate of drug-likeness (QED) is 0.339. The molecule has 1 aromatic rings. The highest BCUT2D eigenvalue weighted by atomic mass is 79.9. The first-order valence-corrected chi connectivity index (χ1v) is 8.06. The highest BCUT2D eigenvalue weighted by molar-refractivity contribution is 5.84. The lowest BCUT2D eigenvalue weighted by Crippen LogP contribution is -3.00. The predicted molar refractivity (Wildman–Crippen MR) is 75.4 cm³/mol. The Hall–Kier alpha value is -1.95. The molecule has 0 aliphatic heterocycles. The summed E-state index contributed by atoms with van der Waals surface area (Å²) in [6.07, 6.45) is -5.21. The first kappa shape index (κ1) is 32.0. The summed E-state index contributed by atoms with van der Waals surface area (Å²) < 4.78 is 197. The van der Waals surface area contributed by atoms with Gasteiger partial charge in [0.05, 0.1) is 6.54 Å². The molecule has 1 N–H and O–H groups in total. The van der Waals surface area contributed by atoms with Gasteiger partial charge in [-0.2, -0.15) is 65.9 Å². The zero-order valence-corrected chi connectivity index (χ0v) is 17.3. The number of aromatic nitrogens is 1. The Morgan fingerprint density at radius 1 is 0.618 bits per heavy atom. The van der Waals surface area contributed by atoms with Crippen molar-refractivity contribution in [2.75, 3.05) is 6.54 Å². The van der Waals surface area contributed by atoms with Crippen LogP contribution >= 0.6 is 0 Å². The Labute approximate surface area is 189 Å². The number of hydrogen-bond acceptors (Lipinski definition) is 1. The Bertz CT molecular complexity index is 842. The van der Waals surface area contributed by atoms with Crippen molar-refractivity contribution in [1.82, 2.24) is 5.32 Å². The van der Waals surface area contributed by atoms with E-state index in [1.807, 2.05) is 0 Å². The number of carbonyl (C=O) groups is 1. The lowest BCUT2D eigenvalue weighted by molar-refractivity contribution is -0.694. The summed E-state index contributed by atoms with van der Waals surface area (Å²) in [7, 11) is 0. The Kier molecular flexibility index (Phi) is 9.05. The maximum absolute atomic E-state index is 13.6. The van der Waals surface area contributed by atoms with Gasteiger partial charge in [-0.05, 0) is 0 Å². The minimum Gasteiger partial charge on any atom is -1.00 e. The maximum Gasteiger partial charge on any atom is 0.460 e. The van der Waals surface area contributed by atoms with Crippen LogP contribution in [0.5, 0.6) is 0 Å². The second-order valence-corrected chi connectivity index (χ2v) is 6.31. The van der Waals surface area contributed by atoms with Crippen molar-refractivity contribution in [3.8, 4) is 0 Å². The molecule has 34 heavy (non-hydrogen) atoms. The molecule has 1 heterocycles. The Balaban J connectivity index is 0.0000109. The van der Waals surface area contributed by atoms with Gasteiger partial charge in [-0.25, -0.2) is 4.57 Å². The van der Waals surface area contributed by atoms with Crippen LogP contribution in [0.2, 0.25) is 0 Å². The van der Waals surface area contributed by atoms with Crippen molar-refractivity contribution in [3.63, 3.8) is 0 Å². The Morgan fingerprint density at radius 3 is 1.41 bits per heavy atom. The zero-order chi connectivity index (χ0) is 26.3. The van der Waals surface area contributed by atoms with Crippen molar-refractivity contribution in [2.45, 2.75) is 48.3 Å². The van der Waals surface area contributed by atoms with E-state index in [0.717, 1.165) is 9.88 Å². The van der Waals surface area contributed by atoms with Crippen LogP contribution in [0.1, 0.15) is 0 Å². The fraction of sp³-hybridized carbons (Fsp3) is 0.600. The minimum absolute atomic E-state index is 0. The summed E-state index contributed by atoms with van der Waals surface area (Å²) in [5.74, 6) is -51.4. The van der Waals surface area contributed by atoms with E-state index in [0.29, 0.717) is 0 Å². The van der Waals surface area contributed by atoms with Crippen LogP contribution in [0.3, 0.4) is 0 Å². The SMILES string of the molecule is O=C(NCC[n+]1ccccc1)C(F)(F)C(F)(F)C(F)(F)C(F)(F)C(F)(F)C(F)(F)C(F)(F)F.[Br-]. The molecule has 0 aliphatic rings. The number of alkyl halides is 15. The fourth-order valence-electron chi connectivity index (χ4n) is 2.10. The molecule has 1 aromatic heterocycles. The molecule has 0 bridgehead atoms. The van der Waals surface area contributed by atoms with Gasteiger partial charge in [-0.15, -0.1) is 0 Å². The number of nitrogens with one attached hydrogen (secondary N) is 1. The molecule has 1 rings (SSSR count). The number of amides is 1. The number of rotatable bonds is 9. The molecule has 0 fully saturated rings. The molecule has 198 valence electrons. The molecule has 0 spiro atoms. The number of nitrogens with zero attached hydrogens (tertiary/aromatic N) is 1. The van der Waals surface area contributed by atoms with E-state index in [2.05, 4.69) is 0 Å². The van der Waals surface area contributed by atoms with E-state index < -0.39 is 60.7 Å². The normalized spacial score (nSPS) is 14.4. The summed E-state index contributed by atoms with van der Waals surface area (Å²) in [4.78, 5) is 11.2. The molecule has 0 aliphatic carbocycles. The molecule has 0 unspecified atom stereocenters. The van der Waals surface area contributed by atoms with Gasteiger partial charge in [-0.3, -0.25) is 4.79 Å². The van der Waals surface area contributed by atoms with Crippen LogP contribution in [-0.2, 0) is 11.3 Å². The third-order valence-electron chi connectivity index (χ3n) is 4.05. The van der Waals surface area contributed by atoms with Gasteiger partial charge in [0.15, 0.2) is 18.9 Å². The van der Waals surface area contributed by atoms with Crippen molar-refractivity contribution in [3.05, 3.63) is 30.6 Å². The average molecular weight is 599 g/mol. The smallest absolute Gasteiger partial charge is 0.460 e. The monoisotopic (exact) mass is 598 g/mol. The molecule has 0 atom stereocenters. The molecule has 0 saturated heterocycles. The third kappa shape index (κ3) is 4.89. The third-order valence-corrected chi connectivity index (χ3v) is 4.05. The van der Waals surface area contributed by atoms with Crippen LogP contribution in [0.15, 0.2) is 30.6 Å². The minimum atomic E-state index is -8.42. The maximum atomic E-state index is 13.6. The molecule has 0 aromatic carbocycles. The van der Waals surface area contributed by atoms with E-state index in [4.69, 9.17) is 0 Å². The van der Waals surface area contributed by atoms with Crippen molar-refractivity contribution in [2.24, 2.45) is 0 Å². The lowest BCUT2D eigenvalue weighted by atomic mass is 9.91. The second-order valence-electron chi connectivity index (χ2n) is 6.31. The highest BCUT2D eigenvalue weighted by Gasteiger charge is 2.94. The van der Waals surface area contributed by atoms with Crippen LogP contribution in [0.4, 0.5) is 65.9 Å². The molecule has 0 radical (unpaired) electrons. The second kappa shape index (κ2) is 9.60. The lowest BCUT2D eigenvalue weighted by Gasteiger charge is -2.41. The topological polar surface area (TPSA) is 33.0 Å². The predicted octanol–water partition coefficient (Wildman–Crippen LogP) is 1.47. The summed E-state index contributed by atoms with van der Waals surface area (Å²) in [5, 5.41) is 0.911. The zero-order valence-electron chi connectivity index (χ0n) is 15.7. The molecule has 3 nitrogen and oxygen atoms in total. The summed E-state index contributed by atoms with van der Waals surface area (Å²) >= 11 is 0. The summed E-state index contributed by atoms with van der Waals surface area (Å²) in [6, 6.07) is 4.15. The van der Waals surface area contributed by atoms with Gasteiger partial charge in [0.25, 0.3) is 5.91 Å². The molecular formula is C15H10BrF15N2O. The van der Waals surface area contributed by atoms with Crippen LogP contribution < -0.4 is 26.9 Å². The average Bonchev–Trinajstić information content (AvgIpc) is 2.66. The van der Waals surface area contributed by atoms with E-state index >= 15 is 0 Å². The molecule has 1 amide bonds. The van der Waals surface area contributed by atoms with Gasteiger partial charge < -0.3 is 22.3 Å². The van der Waals surface area contributed by atoms with Crippen molar-refractivity contribution >= 4 is 5.91 Å². The van der Waals surface area contributed by atoms with Gasteiger partial charge >= 0.3 is 41.7 Å². The first-order chi connectivity index (χ1) is 14.5. The fourth-order valence-corrected chi connectivity index (χ4v) is 2.10. The van der Waals surface area contributed by atoms with Gasteiger partial charge in [-0.1, -0.05) is 6.07 Å². The molecule has 19 heteroatoms. The van der Waals surface area contributed by atoms with E-state index in [9.17, 15) is 70.7 Å². The van der Waals surface area contributed by atoms with Crippen LogP contribution in [0, 0.1) is 0 Å². The highest BCUT2D eigenvalue weighted by Crippen LogP contribution is 2.62. The van der Waals surface area contributed by atoms with Crippen molar-refractivity contribution < 1.29 is 92.2 Å². The van der Waals surface area contributed by atoms with Crippen molar-refractivity contribution in [1.29, 1.82) is 0 Å². The number of hydrogen-bond donors (Lipinski definition) is 1. The Morgan fingerprint density at radius 2 is 1.00 bits per heavy atom. The largest absolute Gasteiger partial charge is 1.00 e.